The van der Waals surface area contributed by atoms with Gasteiger partial charge in [-0.2, -0.15) is 0 Å². The lowest BCUT2D eigenvalue weighted by molar-refractivity contribution is 0.301. The standard InChI is InChI=1S/C18H40N2/c1-4-7-8-9-10-11-12-13-14-15-16-17(19)18(20,5-2)6-3/h17H,4-16,19-20H2,1-3H3. The summed E-state index contributed by atoms with van der Waals surface area (Å²) in [5.41, 5.74) is 12.5. The molecule has 1 unspecified atom stereocenters. The lowest BCUT2D eigenvalue weighted by Crippen LogP contribution is -2.54. The van der Waals surface area contributed by atoms with Crippen molar-refractivity contribution in [3.8, 4) is 0 Å². The third-order valence-electron chi connectivity index (χ3n) is 4.92. The molecule has 0 spiro atoms. The highest BCUT2D eigenvalue weighted by Gasteiger charge is 2.27. The molecule has 0 bridgehead atoms. The maximum atomic E-state index is 6.34. The van der Waals surface area contributed by atoms with Crippen LogP contribution in [0.5, 0.6) is 0 Å². The average molecular weight is 285 g/mol. The van der Waals surface area contributed by atoms with E-state index in [9.17, 15) is 0 Å². The molecule has 0 aromatic rings. The van der Waals surface area contributed by atoms with Crippen LogP contribution in [0.2, 0.25) is 0 Å². The first-order chi connectivity index (χ1) is 9.60. The molecule has 0 aliphatic carbocycles. The molecular weight excluding hydrogens is 244 g/mol. The van der Waals surface area contributed by atoms with Gasteiger partial charge in [0.15, 0.2) is 0 Å². The molecule has 0 saturated heterocycles. The van der Waals surface area contributed by atoms with Gasteiger partial charge in [0.1, 0.15) is 0 Å². The van der Waals surface area contributed by atoms with E-state index < -0.39 is 0 Å². The van der Waals surface area contributed by atoms with Crippen molar-refractivity contribution in [1.82, 2.24) is 0 Å². The molecule has 2 nitrogen and oxygen atoms in total. The van der Waals surface area contributed by atoms with Crippen LogP contribution in [0.1, 0.15) is 104 Å². The third kappa shape index (κ3) is 8.97. The molecule has 122 valence electrons. The van der Waals surface area contributed by atoms with Gasteiger partial charge in [-0.3, -0.25) is 0 Å². The Morgan fingerprint density at radius 2 is 1.10 bits per heavy atom. The molecule has 0 radical (unpaired) electrons. The molecule has 2 heteroatoms. The van der Waals surface area contributed by atoms with Gasteiger partial charge in [0.25, 0.3) is 0 Å². The number of hydrogen-bond donors (Lipinski definition) is 2. The fourth-order valence-corrected chi connectivity index (χ4v) is 2.91. The van der Waals surface area contributed by atoms with Gasteiger partial charge in [-0.15, -0.1) is 0 Å². The molecule has 4 N–H and O–H groups in total. The molecule has 0 heterocycles. The minimum absolute atomic E-state index is 0.140. The van der Waals surface area contributed by atoms with Crippen molar-refractivity contribution in [3.63, 3.8) is 0 Å². The maximum Gasteiger partial charge on any atom is 0.0302 e. The number of nitrogens with two attached hydrogens (primary N) is 2. The van der Waals surface area contributed by atoms with Gasteiger partial charge in [0.2, 0.25) is 0 Å². The van der Waals surface area contributed by atoms with Gasteiger partial charge in [0.05, 0.1) is 0 Å². The van der Waals surface area contributed by atoms with Gasteiger partial charge in [-0.25, -0.2) is 0 Å². The van der Waals surface area contributed by atoms with E-state index in [4.69, 9.17) is 11.5 Å². The highest BCUT2D eigenvalue weighted by molar-refractivity contribution is 4.91. The first-order valence-electron chi connectivity index (χ1n) is 9.15. The Hall–Kier alpha value is -0.0800. The largest absolute Gasteiger partial charge is 0.326 e. The molecule has 0 aromatic heterocycles. The van der Waals surface area contributed by atoms with Gasteiger partial charge < -0.3 is 11.5 Å². The predicted molar refractivity (Wildman–Crippen MR) is 91.9 cm³/mol. The van der Waals surface area contributed by atoms with Crippen LogP contribution in [0.3, 0.4) is 0 Å². The first kappa shape index (κ1) is 19.9. The van der Waals surface area contributed by atoms with Crippen molar-refractivity contribution in [2.24, 2.45) is 11.5 Å². The van der Waals surface area contributed by atoms with Crippen LogP contribution in [0, 0.1) is 0 Å². The zero-order valence-electron chi connectivity index (χ0n) is 14.4. The molecule has 1 atom stereocenters. The Morgan fingerprint density at radius 1 is 0.700 bits per heavy atom. The van der Waals surface area contributed by atoms with Crippen molar-refractivity contribution in [2.45, 2.75) is 116 Å². The van der Waals surface area contributed by atoms with Gasteiger partial charge >= 0.3 is 0 Å². The molecule has 0 fully saturated rings. The second-order valence-corrected chi connectivity index (χ2v) is 6.52. The SMILES string of the molecule is CCCCCCCCCCCCC(N)C(N)(CC)CC. The Labute approximate surface area is 128 Å². The maximum absolute atomic E-state index is 6.34. The lowest BCUT2D eigenvalue weighted by Gasteiger charge is -2.33. The molecule has 20 heavy (non-hydrogen) atoms. The third-order valence-corrected chi connectivity index (χ3v) is 4.92. The minimum atomic E-state index is -0.140. The van der Waals surface area contributed by atoms with Crippen LogP contribution < -0.4 is 11.5 Å². The van der Waals surface area contributed by atoms with Crippen LogP contribution in [0.25, 0.3) is 0 Å². The van der Waals surface area contributed by atoms with Gasteiger partial charge in [-0.05, 0) is 19.3 Å². The van der Waals surface area contributed by atoms with E-state index >= 15 is 0 Å². The molecule has 0 aliphatic heterocycles. The number of rotatable bonds is 14. The molecule has 0 rings (SSSR count). The summed E-state index contributed by atoms with van der Waals surface area (Å²) in [6, 6.07) is 0.173. The average Bonchev–Trinajstić information content (AvgIpc) is 2.48. The normalized spacial score (nSPS) is 13.7. The summed E-state index contributed by atoms with van der Waals surface area (Å²) in [7, 11) is 0. The monoisotopic (exact) mass is 284 g/mol. The molecule has 0 aliphatic rings. The van der Waals surface area contributed by atoms with Gasteiger partial charge in [0, 0.05) is 11.6 Å². The van der Waals surface area contributed by atoms with Crippen molar-refractivity contribution in [2.75, 3.05) is 0 Å². The highest BCUT2D eigenvalue weighted by Crippen LogP contribution is 2.20. The second-order valence-electron chi connectivity index (χ2n) is 6.52. The zero-order chi connectivity index (χ0) is 15.3. The fraction of sp³-hybridized carbons (Fsp3) is 1.00. The number of unbranched alkanes of at least 4 members (excludes halogenated alkanes) is 9. The summed E-state index contributed by atoms with van der Waals surface area (Å²) in [5.74, 6) is 0. The van der Waals surface area contributed by atoms with E-state index in [-0.39, 0.29) is 11.6 Å². The van der Waals surface area contributed by atoms with E-state index in [2.05, 4.69) is 20.8 Å². The van der Waals surface area contributed by atoms with E-state index in [0.29, 0.717) is 0 Å². The van der Waals surface area contributed by atoms with Crippen LogP contribution >= 0.6 is 0 Å². The van der Waals surface area contributed by atoms with Crippen molar-refractivity contribution < 1.29 is 0 Å². The quantitative estimate of drug-likeness (QED) is 0.434. The van der Waals surface area contributed by atoms with Crippen LogP contribution in [0.4, 0.5) is 0 Å². The fourth-order valence-electron chi connectivity index (χ4n) is 2.91. The lowest BCUT2D eigenvalue weighted by atomic mass is 9.83. The molecule has 0 aromatic carbocycles. The molecule has 0 saturated carbocycles. The molecule has 0 amide bonds. The van der Waals surface area contributed by atoms with Crippen LogP contribution in [-0.2, 0) is 0 Å². The van der Waals surface area contributed by atoms with Crippen molar-refractivity contribution in [1.29, 1.82) is 0 Å². The zero-order valence-corrected chi connectivity index (χ0v) is 14.4. The summed E-state index contributed by atoms with van der Waals surface area (Å²) in [6.07, 6.45) is 16.9. The van der Waals surface area contributed by atoms with E-state index in [1.165, 1.54) is 64.2 Å². The van der Waals surface area contributed by atoms with Gasteiger partial charge in [-0.1, -0.05) is 85.0 Å². The summed E-state index contributed by atoms with van der Waals surface area (Å²) in [4.78, 5) is 0. The van der Waals surface area contributed by atoms with Crippen LogP contribution in [0.15, 0.2) is 0 Å². The summed E-state index contributed by atoms with van der Waals surface area (Å²) >= 11 is 0. The highest BCUT2D eigenvalue weighted by atomic mass is 14.8. The van der Waals surface area contributed by atoms with E-state index in [0.717, 1.165) is 19.3 Å². The van der Waals surface area contributed by atoms with E-state index in [1.807, 2.05) is 0 Å². The Bertz CT molecular complexity index is 200. The summed E-state index contributed by atoms with van der Waals surface area (Å²) in [6.45, 7) is 6.58. The molecular formula is C18H40N2. The predicted octanol–water partition coefficient (Wildman–Crippen LogP) is 5.14. The second kappa shape index (κ2) is 12.6. The minimum Gasteiger partial charge on any atom is -0.326 e. The Balaban J connectivity index is 3.40. The van der Waals surface area contributed by atoms with Crippen LogP contribution in [-0.4, -0.2) is 11.6 Å². The first-order valence-corrected chi connectivity index (χ1v) is 9.15. The topological polar surface area (TPSA) is 52.0 Å². The Kier molecular flexibility index (Phi) is 12.6. The summed E-state index contributed by atoms with van der Waals surface area (Å²) in [5, 5.41) is 0. The van der Waals surface area contributed by atoms with Crippen molar-refractivity contribution >= 4 is 0 Å². The number of hydrogen-bond acceptors (Lipinski definition) is 2. The van der Waals surface area contributed by atoms with Crippen molar-refractivity contribution in [3.05, 3.63) is 0 Å². The van der Waals surface area contributed by atoms with E-state index in [1.54, 1.807) is 0 Å². The Morgan fingerprint density at radius 3 is 1.50 bits per heavy atom. The summed E-state index contributed by atoms with van der Waals surface area (Å²) < 4.78 is 0. The smallest absolute Gasteiger partial charge is 0.0302 e.